The molecule has 1 N–H and O–H groups in total. The van der Waals surface area contributed by atoms with Crippen LogP contribution in [0.1, 0.15) is 32.9 Å². The topological polar surface area (TPSA) is 31.4 Å². The van der Waals surface area contributed by atoms with E-state index in [4.69, 9.17) is 4.98 Å². The second kappa shape index (κ2) is 9.32. The number of thiazole rings is 1. The molecule has 1 rings (SSSR count). The SMILES string of the molecule is CCCNCc1csc(N(CCN(C)C)CC(C)C)n1. The highest BCUT2D eigenvalue weighted by molar-refractivity contribution is 7.13. The molecule has 0 aliphatic carbocycles. The van der Waals surface area contributed by atoms with Crippen molar-refractivity contribution in [2.24, 2.45) is 5.92 Å². The Kier molecular flexibility index (Phi) is 8.11. The maximum Gasteiger partial charge on any atom is 0.185 e. The Balaban J connectivity index is 2.60. The first-order chi connectivity index (χ1) is 9.52. The van der Waals surface area contributed by atoms with Gasteiger partial charge in [0.05, 0.1) is 5.69 Å². The van der Waals surface area contributed by atoms with Gasteiger partial charge in [-0.05, 0) is 33.0 Å². The van der Waals surface area contributed by atoms with E-state index < -0.39 is 0 Å². The van der Waals surface area contributed by atoms with Crippen molar-refractivity contribution in [3.8, 4) is 0 Å². The second-order valence-electron chi connectivity index (χ2n) is 5.94. The Bertz CT molecular complexity index is 363. The summed E-state index contributed by atoms with van der Waals surface area (Å²) in [6.45, 7) is 11.8. The number of nitrogens with zero attached hydrogens (tertiary/aromatic N) is 3. The monoisotopic (exact) mass is 298 g/mol. The highest BCUT2D eigenvalue weighted by atomic mass is 32.1. The van der Waals surface area contributed by atoms with Crippen LogP contribution in [0.5, 0.6) is 0 Å². The van der Waals surface area contributed by atoms with Crippen molar-refractivity contribution in [3.63, 3.8) is 0 Å². The van der Waals surface area contributed by atoms with Crippen molar-refractivity contribution >= 4 is 16.5 Å². The summed E-state index contributed by atoms with van der Waals surface area (Å²) >= 11 is 1.77. The molecule has 116 valence electrons. The van der Waals surface area contributed by atoms with Crippen LogP contribution < -0.4 is 10.2 Å². The smallest absolute Gasteiger partial charge is 0.185 e. The minimum Gasteiger partial charge on any atom is -0.347 e. The van der Waals surface area contributed by atoms with Crippen LogP contribution >= 0.6 is 11.3 Å². The first-order valence-electron chi connectivity index (χ1n) is 7.57. The number of hydrogen-bond acceptors (Lipinski definition) is 5. The summed E-state index contributed by atoms with van der Waals surface area (Å²) in [5.74, 6) is 0.655. The fourth-order valence-electron chi connectivity index (χ4n) is 1.94. The van der Waals surface area contributed by atoms with Crippen LogP contribution in [0, 0.1) is 5.92 Å². The van der Waals surface area contributed by atoms with Crippen molar-refractivity contribution in [3.05, 3.63) is 11.1 Å². The molecule has 1 aromatic heterocycles. The Morgan fingerprint density at radius 2 is 2.05 bits per heavy atom. The molecule has 0 saturated carbocycles. The van der Waals surface area contributed by atoms with E-state index in [2.05, 4.69) is 55.4 Å². The van der Waals surface area contributed by atoms with E-state index >= 15 is 0 Å². The van der Waals surface area contributed by atoms with E-state index in [9.17, 15) is 0 Å². The summed E-state index contributed by atoms with van der Waals surface area (Å²) in [5, 5.41) is 6.75. The molecule has 0 radical (unpaired) electrons. The van der Waals surface area contributed by atoms with Gasteiger partial charge in [-0.15, -0.1) is 11.3 Å². The van der Waals surface area contributed by atoms with Gasteiger partial charge in [-0.25, -0.2) is 4.98 Å². The largest absolute Gasteiger partial charge is 0.347 e. The summed E-state index contributed by atoms with van der Waals surface area (Å²) in [6, 6.07) is 0. The van der Waals surface area contributed by atoms with Gasteiger partial charge in [-0.2, -0.15) is 0 Å². The minimum absolute atomic E-state index is 0.655. The molecule has 0 aliphatic rings. The third kappa shape index (κ3) is 6.68. The first-order valence-corrected chi connectivity index (χ1v) is 8.45. The molecule has 0 saturated heterocycles. The lowest BCUT2D eigenvalue weighted by molar-refractivity contribution is 0.409. The molecule has 0 aromatic carbocycles. The number of likely N-dealkylation sites (N-methyl/N-ethyl adjacent to an activating group) is 1. The summed E-state index contributed by atoms with van der Waals surface area (Å²) in [4.78, 5) is 9.42. The molecule has 0 unspecified atom stereocenters. The Labute approximate surface area is 128 Å². The highest BCUT2D eigenvalue weighted by Crippen LogP contribution is 2.21. The molecule has 0 atom stereocenters. The predicted octanol–water partition coefficient (Wildman–Crippen LogP) is 2.67. The van der Waals surface area contributed by atoms with Gasteiger partial charge < -0.3 is 15.1 Å². The molecule has 0 aliphatic heterocycles. The summed E-state index contributed by atoms with van der Waals surface area (Å²) in [5.41, 5.74) is 1.16. The van der Waals surface area contributed by atoms with Gasteiger partial charge in [-0.1, -0.05) is 20.8 Å². The zero-order valence-electron chi connectivity index (χ0n) is 13.6. The number of rotatable bonds is 10. The maximum atomic E-state index is 4.78. The highest BCUT2D eigenvalue weighted by Gasteiger charge is 2.13. The van der Waals surface area contributed by atoms with Gasteiger partial charge in [0.15, 0.2) is 5.13 Å². The van der Waals surface area contributed by atoms with Crippen molar-refractivity contribution in [2.45, 2.75) is 33.7 Å². The third-order valence-corrected chi connectivity index (χ3v) is 3.90. The predicted molar refractivity (Wildman–Crippen MR) is 89.7 cm³/mol. The number of anilines is 1. The zero-order valence-corrected chi connectivity index (χ0v) is 14.5. The van der Waals surface area contributed by atoms with Crippen LogP contribution in [0.15, 0.2) is 5.38 Å². The van der Waals surface area contributed by atoms with E-state index in [1.165, 1.54) is 6.42 Å². The average molecular weight is 298 g/mol. The summed E-state index contributed by atoms with van der Waals surface area (Å²) in [6.07, 6.45) is 1.17. The van der Waals surface area contributed by atoms with Gasteiger partial charge in [0.2, 0.25) is 0 Å². The van der Waals surface area contributed by atoms with E-state index in [0.29, 0.717) is 5.92 Å². The quantitative estimate of drug-likeness (QED) is 0.673. The van der Waals surface area contributed by atoms with E-state index in [0.717, 1.165) is 43.5 Å². The molecule has 5 heteroatoms. The van der Waals surface area contributed by atoms with Crippen LogP contribution in [-0.2, 0) is 6.54 Å². The van der Waals surface area contributed by atoms with E-state index in [1.807, 2.05) is 0 Å². The lowest BCUT2D eigenvalue weighted by Crippen LogP contribution is -2.34. The Morgan fingerprint density at radius 3 is 2.65 bits per heavy atom. The molecular formula is C15H30N4S. The van der Waals surface area contributed by atoms with Crippen molar-refractivity contribution in [1.82, 2.24) is 15.2 Å². The molecule has 20 heavy (non-hydrogen) atoms. The average Bonchev–Trinajstić information content (AvgIpc) is 2.83. The number of nitrogens with one attached hydrogen (secondary N) is 1. The van der Waals surface area contributed by atoms with Crippen molar-refractivity contribution < 1.29 is 0 Å². The fraction of sp³-hybridized carbons (Fsp3) is 0.800. The van der Waals surface area contributed by atoms with Crippen LogP contribution in [0.3, 0.4) is 0 Å². The van der Waals surface area contributed by atoms with Gasteiger partial charge in [0.25, 0.3) is 0 Å². The minimum atomic E-state index is 0.655. The van der Waals surface area contributed by atoms with E-state index in [1.54, 1.807) is 11.3 Å². The fourth-order valence-corrected chi connectivity index (χ4v) is 2.80. The van der Waals surface area contributed by atoms with Gasteiger partial charge >= 0.3 is 0 Å². The van der Waals surface area contributed by atoms with Crippen molar-refractivity contribution in [2.75, 3.05) is 45.2 Å². The van der Waals surface area contributed by atoms with Crippen LogP contribution in [-0.4, -0.2) is 50.2 Å². The molecular weight excluding hydrogens is 268 g/mol. The number of hydrogen-bond donors (Lipinski definition) is 1. The van der Waals surface area contributed by atoms with E-state index in [-0.39, 0.29) is 0 Å². The zero-order chi connectivity index (χ0) is 15.0. The normalized spacial score (nSPS) is 11.6. The molecule has 0 amide bonds. The van der Waals surface area contributed by atoms with Crippen LogP contribution in [0.25, 0.3) is 0 Å². The molecule has 4 nitrogen and oxygen atoms in total. The molecule has 0 bridgehead atoms. The van der Waals surface area contributed by atoms with Crippen molar-refractivity contribution in [1.29, 1.82) is 0 Å². The standard InChI is InChI=1S/C15H30N4S/c1-6-7-16-10-14-12-20-15(17-14)19(11-13(2)3)9-8-18(4)5/h12-13,16H,6-11H2,1-5H3. The third-order valence-electron chi connectivity index (χ3n) is 2.95. The molecule has 0 spiro atoms. The van der Waals surface area contributed by atoms with Gasteiger partial charge in [-0.3, -0.25) is 0 Å². The maximum absolute atomic E-state index is 4.78. The lowest BCUT2D eigenvalue weighted by atomic mass is 10.2. The first kappa shape index (κ1) is 17.4. The molecule has 0 fully saturated rings. The second-order valence-corrected chi connectivity index (χ2v) is 6.78. The Morgan fingerprint density at radius 1 is 1.30 bits per heavy atom. The van der Waals surface area contributed by atoms with Gasteiger partial charge in [0, 0.05) is 31.6 Å². The van der Waals surface area contributed by atoms with Crippen LogP contribution in [0.2, 0.25) is 0 Å². The summed E-state index contributed by atoms with van der Waals surface area (Å²) in [7, 11) is 4.24. The molecule has 1 heterocycles. The Hall–Kier alpha value is -0.650. The van der Waals surface area contributed by atoms with Crippen LogP contribution in [0.4, 0.5) is 5.13 Å². The molecule has 1 aromatic rings. The van der Waals surface area contributed by atoms with Gasteiger partial charge in [0.1, 0.15) is 0 Å². The number of aromatic nitrogens is 1. The summed E-state index contributed by atoms with van der Waals surface area (Å²) < 4.78 is 0. The lowest BCUT2D eigenvalue weighted by Gasteiger charge is -2.25.